The lowest BCUT2D eigenvalue weighted by atomic mass is 9.96. The lowest BCUT2D eigenvalue weighted by Gasteiger charge is -2.32. The average molecular weight is 338 g/mol. The van der Waals surface area contributed by atoms with E-state index in [1.54, 1.807) is 12.1 Å². The van der Waals surface area contributed by atoms with E-state index in [1.807, 2.05) is 11.8 Å². The summed E-state index contributed by atoms with van der Waals surface area (Å²) in [4.78, 5) is 14.8. The Morgan fingerprint density at radius 2 is 1.96 bits per heavy atom. The number of likely N-dealkylation sites (tertiary alicyclic amines) is 1. The third-order valence-electron chi connectivity index (χ3n) is 4.45. The Bertz CT molecular complexity index is 662. The molecule has 1 aromatic carbocycles. The summed E-state index contributed by atoms with van der Waals surface area (Å²) in [6, 6.07) is 4.78. The normalized spacial score (nSPS) is 16.6. The van der Waals surface area contributed by atoms with Gasteiger partial charge in [-0.2, -0.15) is 0 Å². The molecule has 1 aliphatic rings. The fourth-order valence-corrected chi connectivity index (χ4v) is 3.57. The Hall–Kier alpha value is -1.40. The predicted octanol–water partition coefficient (Wildman–Crippen LogP) is 1.86. The number of nitrogens with zero attached hydrogens (tertiary/aromatic N) is 1. The van der Waals surface area contributed by atoms with Gasteiger partial charge in [0.1, 0.15) is 0 Å². The Balaban J connectivity index is 2.10. The molecule has 0 spiro atoms. The van der Waals surface area contributed by atoms with E-state index in [2.05, 4.69) is 12.2 Å². The number of nitrogens with one attached hydrogen (secondary N) is 1. The van der Waals surface area contributed by atoms with Crippen LogP contribution < -0.4 is 5.32 Å². The van der Waals surface area contributed by atoms with Crippen molar-refractivity contribution in [2.24, 2.45) is 5.92 Å². The van der Waals surface area contributed by atoms with E-state index in [-0.39, 0.29) is 10.8 Å². The van der Waals surface area contributed by atoms with Crippen LogP contribution in [-0.2, 0) is 9.84 Å². The van der Waals surface area contributed by atoms with Crippen molar-refractivity contribution >= 4 is 15.7 Å². The predicted molar refractivity (Wildman–Crippen MR) is 91.5 cm³/mol. The van der Waals surface area contributed by atoms with E-state index in [4.69, 9.17) is 0 Å². The van der Waals surface area contributed by atoms with E-state index < -0.39 is 9.84 Å². The maximum absolute atomic E-state index is 12.7. The number of hydrogen-bond acceptors (Lipinski definition) is 4. The summed E-state index contributed by atoms with van der Waals surface area (Å²) in [5.74, 6) is 0.553. The number of sulfone groups is 1. The highest BCUT2D eigenvalue weighted by atomic mass is 32.2. The number of carbonyl (C=O) groups is 1. The van der Waals surface area contributed by atoms with E-state index >= 15 is 0 Å². The van der Waals surface area contributed by atoms with Crippen molar-refractivity contribution in [2.75, 3.05) is 32.4 Å². The quantitative estimate of drug-likeness (QED) is 0.890. The molecule has 1 aromatic rings. The second-order valence-corrected chi connectivity index (χ2v) is 8.31. The van der Waals surface area contributed by atoms with Crippen molar-refractivity contribution in [2.45, 2.75) is 31.6 Å². The summed E-state index contributed by atoms with van der Waals surface area (Å²) in [5.41, 5.74) is 1.32. The molecule has 1 saturated heterocycles. The third-order valence-corrected chi connectivity index (χ3v) is 5.56. The molecule has 128 valence electrons. The van der Waals surface area contributed by atoms with Gasteiger partial charge in [0.05, 0.1) is 4.90 Å². The highest BCUT2D eigenvalue weighted by molar-refractivity contribution is 7.90. The molecule has 1 heterocycles. The van der Waals surface area contributed by atoms with Gasteiger partial charge in [0.25, 0.3) is 5.91 Å². The standard InChI is InChI=1S/C17H26N2O3S/c1-4-18-12-14-7-9-19(10-8-14)17(20)16-11-15(23(3,21)22)6-5-13(16)2/h5-6,11,14,18H,4,7-10,12H2,1-3H3. The minimum atomic E-state index is -3.30. The highest BCUT2D eigenvalue weighted by Crippen LogP contribution is 2.22. The van der Waals surface area contributed by atoms with Crippen LogP contribution in [0.5, 0.6) is 0 Å². The van der Waals surface area contributed by atoms with Crippen LogP contribution in [0.4, 0.5) is 0 Å². The minimum Gasteiger partial charge on any atom is -0.339 e. The van der Waals surface area contributed by atoms with Gasteiger partial charge in [0.15, 0.2) is 9.84 Å². The van der Waals surface area contributed by atoms with E-state index in [0.29, 0.717) is 11.5 Å². The van der Waals surface area contributed by atoms with Gasteiger partial charge in [0, 0.05) is 24.9 Å². The molecule has 1 aliphatic heterocycles. The molecule has 23 heavy (non-hydrogen) atoms. The first-order valence-corrected chi connectivity index (χ1v) is 10.0. The lowest BCUT2D eigenvalue weighted by Crippen LogP contribution is -2.41. The largest absolute Gasteiger partial charge is 0.339 e. The van der Waals surface area contributed by atoms with E-state index in [0.717, 1.165) is 50.8 Å². The first-order valence-electron chi connectivity index (χ1n) is 8.13. The van der Waals surface area contributed by atoms with Crippen LogP contribution in [0.25, 0.3) is 0 Å². The van der Waals surface area contributed by atoms with Crippen molar-refractivity contribution in [1.29, 1.82) is 0 Å². The van der Waals surface area contributed by atoms with Gasteiger partial charge in [-0.1, -0.05) is 13.0 Å². The fraction of sp³-hybridized carbons (Fsp3) is 0.588. The van der Waals surface area contributed by atoms with Gasteiger partial charge >= 0.3 is 0 Å². The van der Waals surface area contributed by atoms with Crippen LogP contribution in [0.2, 0.25) is 0 Å². The molecule has 5 nitrogen and oxygen atoms in total. The van der Waals surface area contributed by atoms with Crippen LogP contribution in [0.1, 0.15) is 35.7 Å². The van der Waals surface area contributed by atoms with Gasteiger partial charge < -0.3 is 10.2 Å². The summed E-state index contributed by atoms with van der Waals surface area (Å²) in [6.45, 7) is 7.38. The zero-order chi connectivity index (χ0) is 17.0. The number of aryl methyl sites for hydroxylation is 1. The number of amides is 1. The Kier molecular flexibility index (Phi) is 5.81. The average Bonchev–Trinajstić information content (AvgIpc) is 2.52. The number of carbonyl (C=O) groups excluding carboxylic acids is 1. The molecule has 0 aliphatic carbocycles. The molecule has 6 heteroatoms. The summed E-state index contributed by atoms with van der Waals surface area (Å²) >= 11 is 0. The smallest absolute Gasteiger partial charge is 0.254 e. The molecular weight excluding hydrogens is 312 g/mol. The molecule has 1 N–H and O–H groups in total. The van der Waals surface area contributed by atoms with Gasteiger partial charge in [-0.15, -0.1) is 0 Å². The van der Waals surface area contributed by atoms with Gasteiger partial charge in [-0.05, 0) is 56.5 Å². The lowest BCUT2D eigenvalue weighted by molar-refractivity contribution is 0.0689. The molecular formula is C17H26N2O3S. The summed E-state index contributed by atoms with van der Waals surface area (Å²) in [5, 5.41) is 3.36. The molecule has 1 fully saturated rings. The summed E-state index contributed by atoms with van der Waals surface area (Å²) in [7, 11) is -3.30. The van der Waals surface area contributed by atoms with Crippen LogP contribution in [0, 0.1) is 12.8 Å². The first-order chi connectivity index (χ1) is 10.8. The highest BCUT2D eigenvalue weighted by Gasteiger charge is 2.25. The van der Waals surface area contributed by atoms with Crippen LogP contribution in [0.15, 0.2) is 23.1 Å². The van der Waals surface area contributed by atoms with Gasteiger partial charge in [0.2, 0.25) is 0 Å². The molecule has 0 saturated carbocycles. The molecule has 1 amide bonds. The van der Waals surface area contributed by atoms with E-state index in [1.165, 1.54) is 6.07 Å². The maximum Gasteiger partial charge on any atom is 0.254 e. The van der Waals surface area contributed by atoms with Crippen molar-refractivity contribution in [3.05, 3.63) is 29.3 Å². The monoisotopic (exact) mass is 338 g/mol. The topological polar surface area (TPSA) is 66.5 Å². The van der Waals surface area contributed by atoms with Gasteiger partial charge in [-0.25, -0.2) is 8.42 Å². The zero-order valence-electron chi connectivity index (χ0n) is 14.1. The first kappa shape index (κ1) is 17.9. The molecule has 0 atom stereocenters. The van der Waals surface area contributed by atoms with Crippen molar-refractivity contribution in [3.8, 4) is 0 Å². The van der Waals surface area contributed by atoms with Crippen LogP contribution >= 0.6 is 0 Å². The second kappa shape index (κ2) is 7.45. The van der Waals surface area contributed by atoms with Crippen molar-refractivity contribution < 1.29 is 13.2 Å². The third kappa shape index (κ3) is 4.54. The maximum atomic E-state index is 12.7. The Labute approximate surface area is 139 Å². The second-order valence-electron chi connectivity index (χ2n) is 6.29. The SMILES string of the molecule is CCNCC1CCN(C(=O)c2cc(S(C)(=O)=O)ccc2C)CC1. The number of rotatable bonds is 5. The number of benzene rings is 1. The van der Waals surface area contributed by atoms with Crippen LogP contribution in [0.3, 0.4) is 0 Å². The molecule has 2 rings (SSSR count). The molecule has 0 aromatic heterocycles. The van der Waals surface area contributed by atoms with E-state index in [9.17, 15) is 13.2 Å². The molecule has 0 radical (unpaired) electrons. The Morgan fingerprint density at radius 1 is 1.30 bits per heavy atom. The summed E-state index contributed by atoms with van der Waals surface area (Å²) in [6.07, 6.45) is 3.14. The van der Waals surface area contributed by atoms with Crippen molar-refractivity contribution in [1.82, 2.24) is 10.2 Å². The number of hydrogen-bond donors (Lipinski definition) is 1. The zero-order valence-corrected chi connectivity index (χ0v) is 14.9. The van der Waals surface area contributed by atoms with Crippen LogP contribution in [-0.4, -0.2) is 51.7 Å². The summed E-state index contributed by atoms with van der Waals surface area (Å²) < 4.78 is 23.4. The Morgan fingerprint density at radius 3 is 2.52 bits per heavy atom. The van der Waals surface area contributed by atoms with Gasteiger partial charge in [-0.3, -0.25) is 4.79 Å². The minimum absolute atomic E-state index is 0.0603. The fourth-order valence-electron chi connectivity index (χ4n) is 2.92. The van der Waals surface area contributed by atoms with Crippen molar-refractivity contribution in [3.63, 3.8) is 0 Å². The molecule has 0 unspecified atom stereocenters. The number of piperidine rings is 1. The molecule has 0 bridgehead atoms.